The number of hydrogen-bond acceptors (Lipinski definition) is 4. The van der Waals surface area contributed by atoms with Crippen LogP contribution in [0.15, 0.2) is 17.5 Å². The second kappa shape index (κ2) is 7.12. The van der Waals surface area contributed by atoms with Gasteiger partial charge in [0.2, 0.25) is 5.91 Å². The first-order valence-electron chi connectivity index (χ1n) is 7.76. The van der Waals surface area contributed by atoms with Crippen LogP contribution >= 0.6 is 11.3 Å². The Hall–Kier alpha value is -1.89. The summed E-state index contributed by atoms with van der Waals surface area (Å²) in [6.45, 7) is 7.51. The SMILES string of the molecule is CC(C)C1NC(=O)N(CC(=O)NC(c2cccs2)C(C)C)C1=O. The lowest BCUT2D eigenvalue weighted by molar-refractivity contribution is -0.133. The number of thiophene rings is 1. The predicted octanol–water partition coefficient (Wildman–Crippen LogP) is 2.14. The number of hydrogen-bond donors (Lipinski definition) is 2. The van der Waals surface area contributed by atoms with E-state index >= 15 is 0 Å². The highest BCUT2D eigenvalue weighted by molar-refractivity contribution is 7.10. The molecule has 6 nitrogen and oxygen atoms in total. The first kappa shape index (κ1) is 17.5. The fourth-order valence-electron chi connectivity index (χ4n) is 2.54. The quantitative estimate of drug-likeness (QED) is 0.781. The molecular weight excluding hydrogens is 314 g/mol. The predicted molar refractivity (Wildman–Crippen MR) is 88.9 cm³/mol. The highest BCUT2D eigenvalue weighted by Crippen LogP contribution is 2.25. The molecule has 0 spiro atoms. The van der Waals surface area contributed by atoms with Gasteiger partial charge in [-0.05, 0) is 23.3 Å². The van der Waals surface area contributed by atoms with Crippen LogP contribution in [-0.2, 0) is 9.59 Å². The number of carbonyl (C=O) groups excluding carboxylic acids is 3. The van der Waals surface area contributed by atoms with Gasteiger partial charge >= 0.3 is 6.03 Å². The molecular formula is C16H23N3O3S. The summed E-state index contributed by atoms with van der Waals surface area (Å²) < 4.78 is 0. The summed E-state index contributed by atoms with van der Waals surface area (Å²) in [5.74, 6) is -0.458. The van der Waals surface area contributed by atoms with Crippen LogP contribution in [0.1, 0.15) is 38.6 Å². The van der Waals surface area contributed by atoms with Gasteiger partial charge in [0, 0.05) is 4.88 Å². The zero-order chi connectivity index (χ0) is 17.1. The maximum absolute atomic E-state index is 12.3. The van der Waals surface area contributed by atoms with E-state index < -0.39 is 12.1 Å². The maximum atomic E-state index is 12.3. The highest BCUT2D eigenvalue weighted by Gasteiger charge is 2.40. The topological polar surface area (TPSA) is 78.5 Å². The molecule has 1 aliphatic rings. The van der Waals surface area contributed by atoms with Gasteiger partial charge in [-0.1, -0.05) is 33.8 Å². The molecule has 2 atom stereocenters. The Morgan fingerprint density at radius 3 is 2.52 bits per heavy atom. The van der Waals surface area contributed by atoms with Gasteiger partial charge < -0.3 is 10.6 Å². The van der Waals surface area contributed by atoms with Crippen molar-refractivity contribution in [2.75, 3.05) is 6.54 Å². The Kier molecular flexibility index (Phi) is 5.41. The number of nitrogens with zero attached hydrogens (tertiary/aromatic N) is 1. The number of carbonyl (C=O) groups is 3. The summed E-state index contributed by atoms with van der Waals surface area (Å²) in [7, 11) is 0. The summed E-state index contributed by atoms with van der Waals surface area (Å²) in [6, 6.07) is 2.74. The van der Waals surface area contributed by atoms with Crippen LogP contribution in [-0.4, -0.2) is 35.3 Å². The Balaban J connectivity index is 2.01. The third-order valence-electron chi connectivity index (χ3n) is 3.86. The van der Waals surface area contributed by atoms with Gasteiger partial charge in [0.25, 0.3) is 5.91 Å². The first-order valence-corrected chi connectivity index (χ1v) is 8.63. The minimum absolute atomic E-state index is 0.00552. The van der Waals surface area contributed by atoms with E-state index in [1.54, 1.807) is 11.3 Å². The molecule has 0 bridgehead atoms. The van der Waals surface area contributed by atoms with Crippen molar-refractivity contribution in [1.29, 1.82) is 0 Å². The molecule has 1 aromatic heterocycles. The number of nitrogens with one attached hydrogen (secondary N) is 2. The van der Waals surface area contributed by atoms with Crippen molar-refractivity contribution in [3.8, 4) is 0 Å². The molecule has 7 heteroatoms. The van der Waals surface area contributed by atoms with Crippen molar-refractivity contribution in [3.05, 3.63) is 22.4 Å². The van der Waals surface area contributed by atoms with Crippen LogP contribution in [0.4, 0.5) is 4.79 Å². The molecule has 2 heterocycles. The van der Waals surface area contributed by atoms with Crippen molar-refractivity contribution in [2.45, 2.75) is 39.8 Å². The number of urea groups is 1. The van der Waals surface area contributed by atoms with E-state index in [1.165, 1.54) is 0 Å². The molecule has 2 rings (SSSR count). The normalized spacial score (nSPS) is 19.4. The summed E-state index contributed by atoms with van der Waals surface area (Å²) in [5, 5.41) is 7.51. The summed E-state index contributed by atoms with van der Waals surface area (Å²) in [5.41, 5.74) is 0. The lowest BCUT2D eigenvalue weighted by atomic mass is 10.0. The van der Waals surface area contributed by atoms with Crippen LogP contribution in [0.2, 0.25) is 0 Å². The Morgan fingerprint density at radius 2 is 2.04 bits per heavy atom. The highest BCUT2D eigenvalue weighted by atomic mass is 32.1. The Morgan fingerprint density at radius 1 is 1.35 bits per heavy atom. The van der Waals surface area contributed by atoms with Crippen LogP contribution in [0.25, 0.3) is 0 Å². The molecule has 126 valence electrons. The molecule has 0 aliphatic carbocycles. The van der Waals surface area contributed by atoms with E-state index in [0.29, 0.717) is 0 Å². The third-order valence-corrected chi connectivity index (χ3v) is 4.81. The van der Waals surface area contributed by atoms with Crippen LogP contribution < -0.4 is 10.6 Å². The van der Waals surface area contributed by atoms with Gasteiger partial charge in [-0.25, -0.2) is 4.79 Å². The van der Waals surface area contributed by atoms with Gasteiger partial charge in [-0.3, -0.25) is 14.5 Å². The lowest BCUT2D eigenvalue weighted by Crippen LogP contribution is -2.43. The van der Waals surface area contributed by atoms with E-state index in [1.807, 2.05) is 45.2 Å². The fourth-order valence-corrected chi connectivity index (χ4v) is 3.49. The van der Waals surface area contributed by atoms with Crippen molar-refractivity contribution < 1.29 is 14.4 Å². The molecule has 0 saturated carbocycles. The molecule has 1 aliphatic heterocycles. The molecule has 1 saturated heterocycles. The molecule has 0 aromatic carbocycles. The van der Waals surface area contributed by atoms with Crippen molar-refractivity contribution >= 4 is 29.2 Å². The zero-order valence-electron chi connectivity index (χ0n) is 13.8. The van der Waals surface area contributed by atoms with Gasteiger partial charge in [0.15, 0.2) is 0 Å². The molecule has 4 amide bonds. The van der Waals surface area contributed by atoms with Gasteiger partial charge in [0.1, 0.15) is 12.6 Å². The number of rotatable bonds is 6. The standard InChI is InChI=1S/C16H23N3O3S/c1-9(2)13(11-6-5-7-23-11)17-12(20)8-19-15(21)14(10(3)4)18-16(19)22/h5-7,9-10,13-14H,8H2,1-4H3,(H,17,20)(H,18,22). The van der Waals surface area contributed by atoms with Crippen molar-refractivity contribution in [2.24, 2.45) is 11.8 Å². The second-order valence-corrected chi connectivity index (χ2v) is 7.38. The largest absolute Gasteiger partial charge is 0.347 e. The monoisotopic (exact) mass is 337 g/mol. The minimum atomic E-state index is -0.548. The molecule has 0 radical (unpaired) electrons. The van der Waals surface area contributed by atoms with E-state index in [0.717, 1.165) is 9.78 Å². The van der Waals surface area contributed by atoms with Crippen LogP contribution in [0.5, 0.6) is 0 Å². The number of amides is 4. The number of imide groups is 1. The van der Waals surface area contributed by atoms with E-state index in [2.05, 4.69) is 10.6 Å². The minimum Gasteiger partial charge on any atom is -0.347 e. The lowest BCUT2D eigenvalue weighted by Gasteiger charge is -2.22. The first-order chi connectivity index (χ1) is 10.8. The molecule has 2 unspecified atom stereocenters. The van der Waals surface area contributed by atoms with E-state index in [4.69, 9.17) is 0 Å². The fraction of sp³-hybridized carbons (Fsp3) is 0.562. The summed E-state index contributed by atoms with van der Waals surface area (Å²) in [6.07, 6.45) is 0. The molecule has 23 heavy (non-hydrogen) atoms. The average Bonchev–Trinajstić information content (AvgIpc) is 3.08. The van der Waals surface area contributed by atoms with Gasteiger partial charge in [-0.2, -0.15) is 0 Å². The zero-order valence-corrected chi connectivity index (χ0v) is 14.6. The summed E-state index contributed by atoms with van der Waals surface area (Å²) in [4.78, 5) is 38.5. The third kappa shape index (κ3) is 3.90. The van der Waals surface area contributed by atoms with E-state index in [-0.39, 0.29) is 36.2 Å². The van der Waals surface area contributed by atoms with Crippen molar-refractivity contribution in [3.63, 3.8) is 0 Å². The Bertz CT molecular complexity index is 583. The second-order valence-electron chi connectivity index (χ2n) is 6.40. The smallest absolute Gasteiger partial charge is 0.325 e. The molecule has 2 N–H and O–H groups in total. The molecule has 1 aromatic rings. The van der Waals surface area contributed by atoms with E-state index in [9.17, 15) is 14.4 Å². The Labute approximate surface area is 140 Å². The van der Waals surface area contributed by atoms with Gasteiger partial charge in [0.05, 0.1) is 6.04 Å². The van der Waals surface area contributed by atoms with Crippen LogP contribution in [0, 0.1) is 11.8 Å². The summed E-state index contributed by atoms with van der Waals surface area (Å²) >= 11 is 1.57. The van der Waals surface area contributed by atoms with Crippen LogP contribution in [0.3, 0.4) is 0 Å². The van der Waals surface area contributed by atoms with Gasteiger partial charge in [-0.15, -0.1) is 11.3 Å². The van der Waals surface area contributed by atoms with Crippen molar-refractivity contribution in [1.82, 2.24) is 15.5 Å². The molecule has 1 fully saturated rings. The average molecular weight is 337 g/mol. The maximum Gasteiger partial charge on any atom is 0.325 e.